The van der Waals surface area contributed by atoms with Gasteiger partial charge in [0, 0.05) is 68.6 Å². The van der Waals surface area contributed by atoms with Crippen molar-refractivity contribution in [3.63, 3.8) is 0 Å². The molecule has 0 aliphatic rings. The van der Waals surface area contributed by atoms with Gasteiger partial charge in [-0.2, -0.15) is 0 Å². The smallest absolute Gasteiger partial charge is 0.398 e. The predicted octanol–water partition coefficient (Wildman–Crippen LogP) is 2.25. The van der Waals surface area contributed by atoms with E-state index in [0.717, 1.165) is 5.19 Å². The van der Waals surface area contributed by atoms with E-state index in [1.165, 1.54) is 0 Å². The largest absolute Gasteiger partial charge is 0.536 e. The van der Waals surface area contributed by atoms with Crippen molar-refractivity contribution in [2.75, 3.05) is 56.9 Å². The van der Waals surface area contributed by atoms with Gasteiger partial charge in [0.15, 0.2) is 0 Å². The van der Waals surface area contributed by atoms with Gasteiger partial charge >= 0.3 is 26.2 Å². The molecule has 11 heteroatoms. The first-order valence-electron chi connectivity index (χ1n) is 8.56. The van der Waals surface area contributed by atoms with Gasteiger partial charge in [-0.05, 0) is 13.1 Å². The van der Waals surface area contributed by atoms with Crippen molar-refractivity contribution in [2.45, 2.75) is 19.6 Å². The Kier molecular flexibility index (Phi) is 16.4. The highest BCUT2D eigenvalue weighted by atomic mass is 28.4. The zero-order valence-electron chi connectivity index (χ0n) is 19.2. The van der Waals surface area contributed by atoms with Crippen molar-refractivity contribution in [1.29, 1.82) is 0 Å². The maximum absolute atomic E-state index is 5.32. The maximum Gasteiger partial charge on any atom is 0.536 e. The van der Waals surface area contributed by atoms with E-state index >= 15 is 0 Å². The molecule has 0 heterocycles. The summed E-state index contributed by atoms with van der Waals surface area (Å²) in [5, 5.41) is 0.975. The third-order valence-corrected chi connectivity index (χ3v) is 10.9. The first kappa shape index (κ1) is 29.7. The van der Waals surface area contributed by atoms with Crippen molar-refractivity contribution >= 4 is 31.4 Å². The Labute approximate surface area is 173 Å². The Bertz CT molecular complexity index is 460. The van der Waals surface area contributed by atoms with Crippen molar-refractivity contribution in [3.8, 4) is 0 Å². The normalized spacial score (nSPS) is 11.8. The van der Waals surface area contributed by atoms with Crippen LogP contribution in [0.2, 0.25) is 19.6 Å². The molecule has 0 atom stereocenters. The summed E-state index contributed by atoms with van der Waals surface area (Å²) < 4.78 is 40.7. The average Bonchev–Trinajstić information content (AvgIpc) is 2.76. The zero-order valence-corrected chi connectivity index (χ0v) is 22.2. The van der Waals surface area contributed by atoms with Crippen LogP contribution >= 0.6 is 0 Å². The minimum Gasteiger partial charge on any atom is -0.398 e. The van der Waals surface area contributed by atoms with Crippen LogP contribution < -0.4 is 5.19 Å². The van der Waals surface area contributed by atoms with Crippen LogP contribution in [0.3, 0.4) is 0 Å². The van der Waals surface area contributed by atoms with E-state index in [2.05, 4.69) is 0 Å². The lowest BCUT2D eigenvalue weighted by Gasteiger charge is -2.24. The van der Waals surface area contributed by atoms with E-state index in [0.29, 0.717) is 0 Å². The molecule has 1 rings (SSSR count). The van der Waals surface area contributed by atoms with E-state index < -0.39 is 26.2 Å². The minimum absolute atomic E-state index is 0.975. The van der Waals surface area contributed by atoms with Gasteiger partial charge in [0.2, 0.25) is 0 Å². The van der Waals surface area contributed by atoms with Crippen molar-refractivity contribution in [2.24, 2.45) is 0 Å². The van der Waals surface area contributed by atoms with Crippen LogP contribution in [-0.2, 0) is 35.4 Å². The fraction of sp³-hybridized carbons (Fsp3) is 0.647. The van der Waals surface area contributed by atoms with Gasteiger partial charge in [-0.15, -0.1) is 0 Å². The summed E-state index contributed by atoms with van der Waals surface area (Å²) in [7, 11) is 6.49. The fourth-order valence-electron chi connectivity index (χ4n) is 1.58. The quantitative estimate of drug-likeness (QED) is 0.526. The monoisotopic (exact) mass is 454 g/mol. The van der Waals surface area contributed by atoms with E-state index in [1.54, 1.807) is 56.9 Å². The van der Waals surface area contributed by atoms with Crippen molar-refractivity contribution in [3.05, 3.63) is 30.3 Å². The lowest BCUT2D eigenvalue weighted by atomic mass is 10.4. The molecule has 1 aromatic rings. The molecular weight excluding hydrogens is 416 g/mol. The van der Waals surface area contributed by atoms with Crippen LogP contribution in [0.1, 0.15) is 0 Å². The SMILES string of the molecule is CO[Si](C)(C)OC.CO[Si](C)(OC)OC.CO[Si](OC)(OC)c1ccccc1. The Hall–Kier alpha value is -0.449. The molecule has 0 aromatic heterocycles. The minimum atomic E-state index is -2.59. The molecule has 0 bridgehead atoms. The number of rotatable bonds is 9. The molecule has 28 heavy (non-hydrogen) atoms. The highest BCUT2D eigenvalue weighted by Gasteiger charge is 2.40. The van der Waals surface area contributed by atoms with Crippen molar-refractivity contribution < 1.29 is 35.4 Å². The highest BCUT2D eigenvalue weighted by molar-refractivity contribution is 6.75. The summed E-state index contributed by atoms with van der Waals surface area (Å²) in [6.45, 7) is 5.81. The highest BCUT2D eigenvalue weighted by Crippen LogP contribution is 2.06. The van der Waals surface area contributed by atoms with E-state index in [4.69, 9.17) is 35.4 Å². The predicted molar refractivity (Wildman–Crippen MR) is 117 cm³/mol. The second-order valence-corrected chi connectivity index (χ2v) is 15.3. The molecule has 0 N–H and O–H groups in total. The first-order valence-corrected chi connectivity index (χ1v) is 15.3. The first-order chi connectivity index (χ1) is 13.1. The summed E-state index contributed by atoms with van der Waals surface area (Å²) in [6.07, 6.45) is 0. The Morgan fingerprint density at radius 2 is 0.857 bits per heavy atom. The molecule has 0 aliphatic heterocycles. The Morgan fingerprint density at radius 3 is 1.04 bits per heavy atom. The topological polar surface area (TPSA) is 73.8 Å². The van der Waals surface area contributed by atoms with E-state index in [-0.39, 0.29) is 0 Å². The molecule has 166 valence electrons. The Morgan fingerprint density at radius 1 is 0.500 bits per heavy atom. The van der Waals surface area contributed by atoms with Crippen LogP contribution in [0.15, 0.2) is 30.3 Å². The van der Waals surface area contributed by atoms with Gasteiger partial charge < -0.3 is 35.4 Å². The fourth-order valence-corrected chi connectivity index (χ4v) is 4.05. The van der Waals surface area contributed by atoms with Gasteiger partial charge in [-0.1, -0.05) is 30.3 Å². The van der Waals surface area contributed by atoms with E-state index in [9.17, 15) is 0 Å². The molecule has 1 aromatic carbocycles. The molecule has 0 radical (unpaired) electrons. The molecule has 0 aliphatic carbocycles. The second kappa shape index (κ2) is 15.4. The standard InChI is InChI=1S/C9H14O3Si.C4H12O3Si.C4H12O2Si/c1-10-13(11-2,12-3)9-7-5-4-6-8-9;1-5-8(4,6-2)7-3;1-5-7(3,4)6-2/h4-8H,1-3H3;1-4H3;1-4H3. The van der Waals surface area contributed by atoms with Crippen LogP contribution in [0, 0.1) is 0 Å². The lowest BCUT2D eigenvalue weighted by Crippen LogP contribution is -2.54. The number of hydrogen-bond donors (Lipinski definition) is 0. The molecule has 0 saturated carbocycles. The number of benzene rings is 1. The maximum atomic E-state index is 5.32. The van der Waals surface area contributed by atoms with Gasteiger partial charge in [0.25, 0.3) is 0 Å². The Balaban J connectivity index is 0. The number of hydrogen-bond acceptors (Lipinski definition) is 8. The summed E-state index contributed by atoms with van der Waals surface area (Å²) in [5.41, 5.74) is 0. The molecule has 0 unspecified atom stereocenters. The van der Waals surface area contributed by atoms with Gasteiger partial charge in [-0.25, -0.2) is 0 Å². The molecule has 0 amide bonds. The molecule has 0 spiro atoms. The van der Waals surface area contributed by atoms with Crippen LogP contribution in [0.25, 0.3) is 0 Å². The van der Waals surface area contributed by atoms with Crippen molar-refractivity contribution in [1.82, 2.24) is 0 Å². The zero-order chi connectivity index (χ0) is 22.3. The molecular formula is C17H38O8Si3. The third-order valence-electron chi connectivity index (χ3n) is 4.03. The summed E-state index contributed by atoms with van der Waals surface area (Å²) in [4.78, 5) is 0. The average molecular weight is 455 g/mol. The van der Waals surface area contributed by atoms with E-state index in [1.807, 2.05) is 50.0 Å². The van der Waals surface area contributed by atoms with Gasteiger partial charge in [-0.3, -0.25) is 0 Å². The van der Waals surface area contributed by atoms with Crippen LogP contribution in [0.4, 0.5) is 0 Å². The molecule has 8 nitrogen and oxygen atoms in total. The molecule has 0 saturated heterocycles. The second-order valence-electron chi connectivity index (χ2n) is 5.82. The van der Waals surface area contributed by atoms with Crippen LogP contribution in [-0.4, -0.2) is 83.0 Å². The summed E-state index contributed by atoms with van der Waals surface area (Å²) >= 11 is 0. The lowest BCUT2D eigenvalue weighted by molar-refractivity contribution is 0.132. The summed E-state index contributed by atoms with van der Waals surface area (Å²) in [5.74, 6) is 0. The van der Waals surface area contributed by atoms with Gasteiger partial charge in [0.05, 0.1) is 0 Å². The van der Waals surface area contributed by atoms with Crippen LogP contribution in [0.5, 0.6) is 0 Å². The van der Waals surface area contributed by atoms with Gasteiger partial charge in [0.1, 0.15) is 0 Å². The summed E-state index contributed by atoms with van der Waals surface area (Å²) in [6, 6.07) is 9.72. The molecule has 0 fully saturated rings. The third kappa shape index (κ3) is 10.9.